The lowest BCUT2D eigenvalue weighted by Crippen LogP contribution is -2.05. The Hall–Kier alpha value is -1.23. The summed E-state index contributed by atoms with van der Waals surface area (Å²) in [7, 11) is 1.61. The molecular weight excluding hydrogens is 312 g/mol. The van der Waals surface area contributed by atoms with Crippen molar-refractivity contribution in [2.75, 3.05) is 20.3 Å². The maximum atomic E-state index is 11.1. The topological polar surface area (TPSA) is 44.8 Å². The highest BCUT2D eigenvalue weighted by molar-refractivity contribution is 9.10. The molecule has 0 atom stereocenters. The van der Waals surface area contributed by atoms with Gasteiger partial charge in [0.1, 0.15) is 11.5 Å². The quantitative estimate of drug-likeness (QED) is 0.540. The summed E-state index contributed by atoms with van der Waals surface area (Å²) in [5.41, 5.74) is 0. The molecule has 0 aliphatic heterocycles. The maximum absolute atomic E-state index is 11.1. The van der Waals surface area contributed by atoms with Gasteiger partial charge in [-0.05, 0) is 47.8 Å². The van der Waals surface area contributed by atoms with Crippen LogP contribution in [0.3, 0.4) is 0 Å². The molecule has 0 unspecified atom stereocenters. The van der Waals surface area contributed by atoms with Gasteiger partial charge >= 0.3 is 5.97 Å². The van der Waals surface area contributed by atoms with Crippen LogP contribution in [0.4, 0.5) is 0 Å². The third kappa shape index (κ3) is 5.96. The number of methoxy groups -OCH3 is 1. The summed E-state index contributed by atoms with van der Waals surface area (Å²) in [5, 5.41) is 0. The fraction of sp³-hybridized carbons (Fsp3) is 0.500. The molecule has 0 saturated heterocycles. The molecule has 0 aromatic heterocycles. The third-order valence-corrected chi connectivity index (χ3v) is 3.13. The first-order valence-electron chi connectivity index (χ1n) is 6.29. The lowest BCUT2D eigenvalue weighted by Gasteiger charge is -2.09. The molecule has 0 spiro atoms. The van der Waals surface area contributed by atoms with Gasteiger partial charge in [0, 0.05) is 12.5 Å². The molecule has 0 N–H and O–H groups in total. The first kappa shape index (κ1) is 15.8. The second-order valence-electron chi connectivity index (χ2n) is 3.91. The van der Waals surface area contributed by atoms with Crippen LogP contribution in [-0.2, 0) is 9.53 Å². The smallest absolute Gasteiger partial charge is 0.305 e. The summed E-state index contributed by atoms with van der Waals surface area (Å²) in [4.78, 5) is 11.1. The average Bonchev–Trinajstić information content (AvgIpc) is 2.40. The highest BCUT2D eigenvalue weighted by Crippen LogP contribution is 2.29. The van der Waals surface area contributed by atoms with E-state index in [2.05, 4.69) is 15.9 Å². The van der Waals surface area contributed by atoms with E-state index < -0.39 is 0 Å². The van der Waals surface area contributed by atoms with Gasteiger partial charge in [-0.1, -0.05) is 0 Å². The molecular formula is C14H19BrO4. The third-order valence-electron chi connectivity index (χ3n) is 2.47. The van der Waals surface area contributed by atoms with E-state index >= 15 is 0 Å². The van der Waals surface area contributed by atoms with Gasteiger partial charge in [-0.2, -0.15) is 0 Å². The summed E-state index contributed by atoms with van der Waals surface area (Å²) in [6.07, 6.45) is 2.03. The van der Waals surface area contributed by atoms with Crippen molar-refractivity contribution < 1.29 is 19.0 Å². The van der Waals surface area contributed by atoms with Crippen molar-refractivity contribution in [3.63, 3.8) is 0 Å². The highest BCUT2D eigenvalue weighted by atomic mass is 79.9. The van der Waals surface area contributed by atoms with Crippen LogP contribution in [-0.4, -0.2) is 26.3 Å². The number of benzene rings is 1. The number of carbonyl (C=O) groups excluding carboxylic acids is 1. The largest absolute Gasteiger partial charge is 0.495 e. The Kier molecular flexibility index (Phi) is 7.33. The average molecular weight is 331 g/mol. The van der Waals surface area contributed by atoms with Crippen LogP contribution in [0.2, 0.25) is 0 Å². The SMILES string of the molecule is CCOC(=O)CCCCOc1ccc(Br)c(OC)c1. The van der Waals surface area contributed by atoms with Crippen molar-refractivity contribution in [1.29, 1.82) is 0 Å². The highest BCUT2D eigenvalue weighted by Gasteiger charge is 2.03. The number of carbonyl (C=O) groups is 1. The summed E-state index contributed by atoms with van der Waals surface area (Å²) < 4.78 is 16.5. The summed E-state index contributed by atoms with van der Waals surface area (Å²) in [5.74, 6) is 1.35. The molecule has 0 aliphatic carbocycles. The molecule has 5 heteroatoms. The molecule has 0 fully saturated rings. The fourth-order valence-electron chi connectivity index (χ4n) is 1.52. The van der Waals surface area contributed by atoms with Gasteiger partial charge in [0.15, 0.2) is 0 Å². The monoisotopic (exact) mass is 330 g/mol. The van der Waals surface area contributed by atoms with Gasteiger partial charge < -0.3 is 14.2 Å². The van der Waals surface area contributed by atoms with Crippen molar-refractivity contribution in [3.05, 3.63) is 22.7 Å². The molecule has 19 heavy (non-hydrogen) atoms. The standard InChI is InChI=1S/C14H19BrO4/c1-3-18-14(16)6-4-5-9-19-11-7-8-12(15)13(10-11)17-2/h7-8,10H,3-6,9H2,1-2H3. The fourth-order valence-corrected chi connectivity index (χ4v) is 1.93. The number of hydrogen-bond acceptors (Lipinski definition) is 4. The molecule has 0 radical (unpaired) electrons. The Morgan fingerprint density at radius 2 is 2.11 bits per heavy atom. The molecule has 0 bridgehead atoms. The normalized spacial score (nSPS) is 10.1. The summed E-state index contributed by atoms with van der Waals surface area (Å²) in [6, 6.07) is 5.58. The van der Waals surface area contributed by atoms with E-state index in [9.17, 15) is 4.79 Å². The maximum Gasteiger partial charge on any atom is 0.305 e. The minimum absolute atomic E-state index is 0.146. The van der Waals surface area contributed by atoms with Crippen molar-refractivity contribution in [1.82, 2.24) is 0 Å². The molecule has 0 amide bonds. The van der Waals surface area contributed by atoms with E-state index in [4.69, 9.17) is 14.2 Å². The van der Waals surface area contributed by atoms with E-state index in [0.717, 1.165) is 28.8 Å². The van der Waals surface area contributed by atoms with E-state index in [0.29, 0.717) is 19.6 Å². The molecule has 106 valence electrons. The molecule has 0 aliphatic rings. The zero-order chi connectivity index (χ0) is 14.1. The van der Waals surface area contributed by atoms with E-state index in [1.807, 2.05) is 25.1 Å². The van der Waals surface area contributed by atoms with E-state index in [1.54, 1.807) is 7.11 Å². The lowest BCUT2D eigenvalue weighted by atomic mass is 10.2. The van der Waals surface area contributed by atoms with Gasteiger partial charge in [0.25, 0.3) is 0 Å². The van der Waals surface area contributed by atoms with Crippen LogP contribution in [0.1, 0.15) is 26.2 Å². The molecule has 1 aromatic carbocycles. The number of ether oxygens (including phenoxy) is 3. The van der Waals surface area contributed by atoms with Crippen LogP contribution < -0.4 is 9.47 Å². The van der Waals surface area contributed by atoms with Gasteiger partial charge in [0.05, 0.1) is 24.8 Å². The van der Waals surface area contributed by atoms with Gasteiger partial charge in [-0.15, -0.1) is 0 Å². The second kappa shape index (κ2) is 8.80. The van der Waals surface area contributed by atoms with Crippen molar-refractivity contribution in [2.24, 2.45) is 0 Å². The van der Waals surface area contributed by atoms with E-state index in [1.165, 1.54) is 0 Å². The van der Waals surface area contributed by atoms with Crippen molar-refractivity contribution in [3.8, 4) is 11.5 Å². The minimum Gasteiger partial charge on any atom is -0.495 e. The summed E-state index contributed by atoms with van der Waals surface area (Å²) in [6.45, 7) is 2.82. The molecule has 1 aromatic rings. The minimum atomic E-state index is -0.146. The number of esters is 1. The first-order valence-corrected chi connectivity index (χ1v) is 7.08. The van der Waals surface area contributed by atoms with E-state index in [-0.39, 0.29) is 5.97 Å². The molecule has 0 saturated carbocycles. The molecule has 1 rings (SSSR count). The van der Waals surface area contributed by atoms with Crippen LogP contribution >= 0.6 is 15.9 Å². The van der Waals surface area contributed by atoms with Crippen LogP contribution in [0.25, 0.3) is 0 Å². The van der Waals surface area contributed by atoms with Gasteiger partial charge in [0.2, 0.25) is 0 Å². The Morgan fingerprint density at radius 3 is 2.79 bits per heavy atom. The van der Waals surface area contributed by atoms with Crippen LogP contribution in [0.5, 0.6) is 11.5 Å². The number of unbranched alkanes of at least 4 members (excludes halogenated alkanes) is 1. The predicted octanol–water partition coefficient (Wildman–Crippen LogP) is 3.57. The van der Waals surface area contributed by atoms with Crippen LogP contribution in [0, 0.1) is 0 Å². The molecule has 0 heterocycles. The van der Waals surface area contributed by atoms with Gasteiger partial charge in [-0.25, -0.2) is 0 Å². The number of rotatable bonds is 8. The second-order valence-corrected chi connectivity index (χ2v) is 4.76. The summed E-state index contributed by atoms with van der Waals surface area (Å²) >= 11 is 3.38. The Morgan fingerprint density at radius 1 is 1.32 bits per heavy atom. The van der Waals surface area contributed by atoms with Crippen molar-refractivity contribution in [2.45, 2.75) is 26.2 Å². The predicted molar refractivity (Wildman–Crippen MR) is 76.7 cm³/mol. The zero-order valence-corrected chi connectivity index (χ0v) is 12.9. The Labute approximate surface area is 122 Å². The molecule has 4 nitrogen and oxygen atoms in total. The Bertz CT molecular complexity index is 406. The van der Waals surface area contributed by atoms with Crippen molar-refractivity contribution >= 4 is 21.9 Å². The zero-order valence-electron chi connectivity index (χ0n) is 11.3. The van der Waals surface area contributed by atoms with Crippen LogP contribution in [0.15, 0.2) is 22.7 Å². The first-order chi connectivity index (χ1) is 9.17. The lowest BCUT2D eigenvalue weighted by molar-refractivity contribution is -0.143. The number of halogens is 1. The van der Waals surface area contributed by atoms with Gasteiger partial charge in [-0.3, -0.25) is 4.79 Å². The Balaban J connectivity index is 2.24. The number of hydrogen-bond donors (Lipinski definition) is 0.